The van der Waals surface area contributed by atoms with E-state index in [9.17, 15) is 9.90 Å². The fraction of sp³-hybridized carbons (Fsp3) is 0.250. The summed E-state index contributed by atoms with van der Waals surface area (Å²) in [6, 6.07) is 16.7. The Labute approximate surface area is 204 Å². The van der Waals surface area contributed by atoms with Crippen molar-refractivity contribution in [2.45, 2.75) is 19.4 Å². The number of aliphatic hydroxyl groups is 1. The van der Waals surface area contributed by atoms with Crippen LogP contribution in [0.4, 0.5) is 0 Å². The number of hydrogen-bond acceptors (Lipinski definition) is 5. The van der Waals surface area contributed by atoms with Gasteiger partial charge in [0.15, 0.2) is 11.5 Å². The highest BCUT2D eigenvalue weighted by Gasteiger charge is 2.20. The van der Waals surface area contributed by atoms with Crippen LogP contribution in [0.2, 0.25) is 0 Å². The molecular weight excluding hydrogens is 444 g/mol. The number of carbonyl (C=O) groups is 1. The zero-order valence-corrected chi connectivity index (χ0v) is 20.3. The Bertz CT molecular complexity index is 1340. The number of aromatic nitrogens is 1. The highest BCUT2D eigenvalue weighted by atomic mass is 16.5. The molecule has 3 aromatic carbocycles. The number of aromatic amines is 1. The summed E-state index contributed by atoms with van der Waals surface area (Å²) in [5.41, 5.74) is 5.16. The van der Waals surface area contributed by atoms with Gasteiger partial charge in [0.25, 0.3) is 5.91 Å². The molecule has 0 saturated heterocycles. The normalized spacial score (nSPS) is 11.8. The Hall–Kier alpha value is -3.97. The van der Waals surface area contributed by atoms with Gasteiger partial charge < -0.3 is 29.6 Å². The summed E-state index contributed by atoms with van der Waals surface area (Å²) >= 11 is 0. The second-order valence-electron chi connectivity index (χ2n) is 8.33. The van der Waals surface area contributed by atoms with Crippen LogP contribution in [0.15, 0.2) is 60.8 Å². The average Bonchev–Trinajstić information content (AvgIpc) is 3.30. The summed E-state index contributed by atoms with van der Waals surface area (Å²) in [6.07, 6.45) is 2.43. The van der Waals surface area contributed by atoms with Crippen LogP contribution in [0, 0.1) is 6.92 Å². The first-order chi connectivity index (χ1) is 17.0. The van der Waals surface area contributed by atoms with Crippen LogP contribution in [0.3, 0.4) is 0 Å². The summed E-state index contributed by atoms with van der Waals surface area (Å²) < 4.78 is 16.6. The molecule has 1 heterocycles. The molecule has 0 radical (unpaired) electrons. The van der Waals surface area contributed by atoms with Gasteiger partial charge in [0.2, 0.25) is 5.75 Å². The largest absolute Gasteiger partial charge is 0.493 e. The third-order valence-corrected chi connectivity index (χ3v) is 6.19. The maximum absolute atomic E-state index is 13.2. The maximum Gasteiger partial charge on any atom is 0.251 e. The molecule has 0 aliphatic carbocycles. The number of ether oxygens (including phenoxy) is 3. The number of H-pyrrole nitrogens is 1. The van der Waals surface area contributed by atoms with Crippen LogP contribution < -0.4 is 19.5 Å². The molecule has 0 bridgehead atoms. The number of fused-ring (bicyclic) bond motifs is 1. The third kappa shape index (κ3) is 4.81. The lowest BCUT2D eigenvalue weighted by Crippen LogP contribution is -2.39. The van der Waals surface area contributed by atoms with Crippen LogP contribution in [-0.4, -0.2) is 50.0 Å². The van der Waals surface area contributed by atoms with E-state index >= 15 is 0 Å². The van der Waals surface area contributed by atoms with E-state index in [1.165, 1.54) is 0 Å². The fourth-order valence-corrected chi connectivity index (χ4v) is 4.36. The minimum atomic E-state index is -0.429. The molecule has 3 N–H and O–H groups in total. The van der Waals surface area contributed by atoms with Crippen molar-refractivity contribution in [3.05, 3.63) is 77.5 Å². The van der Waals surface area contributed by atoms with Crippen LogP contribution >= 0.6 is 0 Å². The zero-order valence-electron chi connectivity index (χ0n) is 20.3. The SMILES string of the molecule is COc1ccc(-c2cc(C(=O)N[C@@H](CO)Cc3c[nH]c4ccccc34)ccc2C)c(OC)c1OC. The number of methoxy groups -OCH3 is 3. The van der Waals surface area contributed by atoms with Gasteiger partial charge in [0.1, 0.15) is 0 Å². The number of aryl methyl sites for hydroxylation is 1. The molecule has 0 unspecified atom stereocenters. The number of benzene rings is 3. The molecule has 1 aromatic heterocycles. The number of para-hydroxylation sites is 1. The predicted octanol–water partition coefficient (Wildman–Crippen LogP) is 4.50. The van der Waals surface area contributed by atoms with Crippen LogP contribution in [0.5, 0.6) is 17.2 Å². The molecule has 35 heavy (non-hydrogen) atoms. The highest BCUT2D eigenvalue weighted by Crippen LogP contribution is 2.45. The van der Waals surface area contributed by atoms with E-state index in [0.717, 1.165) is 33.2 Å². The lowest BCUT2D eigenvalue weighted by molar-refractivity contribution is 0.0916. The number of nitrogens with one attached hydrogen (secondary N) is 2. The van der Waals surface area contributed by atoms with Crippen LogP contribution in [0.1, 0.15) is 21.5 Å². The van der Waals surface area contributed by atoms with Gasteiger partial charge in [-0.1, -0.05) is 24.3 Å². The Morgan fingerprint density at radius 3 is 2.46 bits per heavy atom. The molecule has 0 fully saturated rings. The van der Waals surface area contributed by atoms with E-state index in [1.54, 1.807) is 27.4 Å². The van der Waals surface area contributed by atoms with Gasteiger partial charge in [-0.25, -0.2) is 0 Å². The zero-order chi connectivity index (χ0) is 24.9. The van der Waals surface area contributed by atoms with Gasteiger partial charge >= 0.3 is 0 Å². The number of carbonyl (C=O) groups excluding carboxylic acids is 1. The first-order valence-corrected chi connectivity index (χ1v) is 11.4. The van der Waals surface area contributed by atoms with Gasteiger partial charge in [-0.3, -0.25) is 4.79 Å². The standard InChI is InChI=1S/C28H30N2O5/c1-17-9-10-18(14-23(17)22-11-12-25(33-2)27(35-4)26(22)34-3)28(32)30-20(16-31)13-19-15-29-24-8-6-5-7-21(19)24/h5-12,14-15,20,29,31H,13,16H2,1-4H3,(H,30,32)/t20-/m1/s1. The number of amides is 1. The summed E-state index contributed by atoms with van der Waals surface area (Å²) in [7, 11) is 4.70. The molecule has 0 aliphatic heterocycles. The Morgan fingerprint density at radius 1 is 0.971 bits per heavy atom. The summed E-state index contributed by atoms with van der Waals surface area (Å²) in [5.74, 6) is 1.31. The topological polar surface area (TPSA) is 92.8 Å². The first kappa shape index (κ1) is 24.2. The van der Waals surface area contributed by atoms with Crippen molar-refractivity contribution >= 4 is 16.8 Å². The van der Waals surface area contributed by atoms with E-state index < -0.39 is 6.04 Å². The van der Waals surface area contributed by atoms with E-state index in [0.29, 0.717) is 29.2 Å². The molecule has 182 valence electrons. The molecule has 0 saturated carbocycles. The van der Waals surface area contributed by atoms with Gasteiger partial charge in [-0.2, -0.15) is 0 Å². The van der Waals surface area contributed by atoms with Gasteiger partial charge in [-0.05, 0) is 60.4 Å². The minimum Gasteiger partial charge on any atom is -0.493 e. The summed E-state index contributed by atoms with van der Waals surface area (Å²) in [5, 5.41) is 14.0. The molecule has 1 amide bonds. The van der Waals surface area contributed by atoms with Crippen molar-refractivity contribution in [1.29, 1.82) is 0 Å². The highest BCUT2D eigenvalue weighted by molar-refractivity contribution is 5.96. The van der Waals surface area contributed by atoms with Crippen molar-refractivity contribution in [3.63, 3.8) is 0 Å². The van der Waals surface area contributed by atoms with Crippen molar-refractivity contribution in [1.82, 2.24) is 10.3 Å². The monoisotopic (exact) mass is 474 g/mol. The van der Waals surface area contributed by atoms with E-state index in [1.807, 2.05) is 61.7 Å². The quantitative estimate of drug-likeness (QED) is 0.332. The molecule has 0 aliphatic rings. The van der Waals surface area contributed by atoms with Gasteiger partial charge in [0.05, 0.1) is 34.0 Å². The van der Waals surface area contributed by atoms with E-state index in [4.69, 9.17) is 14.2 Å². The Morgan fingerprint density at radius 2 is 1.74 bits per heavy atom. The Balaban J connectivity index is 1.61. The number of aliphatic hydroxyl groups excluding tert-OH is 1. The van der Waals surface area contributed by atoms with Crippen molar-refractivity contribution in [3.8, 4) is 28.4 Å². The van der Waals surface area contributed by atoms with Crippen LogP contribution in [-0.2, 0) is 6.42 Å². The summed E-state index contributed by atoms with van der Waals surface area (Å²) in [6.45, 7) is 1.80. The molecule has 4 aromatic rings. The molecule has 7 nitrogen and oxygen atoms in total. The second kappa shape index (κ2) is 10.5. The fourth-order valence-electron chi connectivity index (χ4n) is 4.36. The first-order valence-electron chi connectivity index (χ1n) is 11.4. The molecular formula is C28H30N2O5. The number of rotatable bonds is 9. The van der Waals surface area contributed by atoms with Crippen molar-refractivity contribution in [2.24, 2.45) is 0 Å². The van der Waals surface area contributed by atoms with Gasteiger partial charge in [-0.15, -0.1) is 0 Å². The summed E-state index contributed by atoms with van der Waals surface area (Å²) in [4.78, 5) is 16.4. The third-order valence-electron chi connectivity index (χ3n) is 6.19. The smallest absolute Gasteiger partial charge is 0.251 e. The molecule has 4 rings (SSSR count). The minimum absolute atomic E-state index is 0.173. The van der Waals surface area contributed by atoms with E-state index in [2.05, 4.69) is 10.3 Å². The lowest BCUT2D eigenvalue weighted by Gasteiger charge is -2.19. The van der Waals surface area contributed by atoms with Crippen molar-refractivity contribution < 1.29 is 24.1 Å². The second-order valence-corrected chi connectivity index (χ2v) is 8.33. The number of hydrogen-bond donors (Lipinski definition) is 3. The maximum atomic E-state index is 13.2. The molecule has 1 atom stereocenters. The average molecular weight is 475 g/mol. The van der Waals surface area contributed by atoms with Crippen LogP contribution in [0.25, 0.3) is 22.0 Å². The van der Waals surface area contributed by atoms with E-state index in [-0.39, 0.29) is 12.5 Å². The molecule has 0 spiro atoms. The lowest BCUT2D eigenvalue weighted by atomic mass is 9.96. The predicted molar refractivity (Wildman–Crippen MR) is 137 cm³/mol. The van der Waals surface area contributed by atoms with Crippen molar-refractivity contribution in [2.75, 3.05) is 27.9 Å². The molecule has 7 heteroatoms. The Kier molecular flexibility index (Phi) is 7.27. The van der Waals surface area contributed by atoms with Gasteiger partial charge in [0, 0.05) is 28.2 Å².